The molecule has 0 unspecified atom stereocenters. The fourth-order valence-electron chi connectivity index (χ4n) is 4.58. The number of hydrogen-bond acceptors (Lipinski definition) is 7. The summed E-state index contributed by atoms with van der Waals surface area (Å²) in [5.74, 6) is 0.721. The van der Waals surface area contributed by atoms with Crippen molar-refractivity contribution in [1.29, 1.82) is 0 Å². The van der Waals surface area contributed by atoms with Crippen molar-refractivity contribution >= 4 is 33.8 Å². The Bertz CT molecular complexity index is 1770. The third-order valence-corrected chi connectivity index (χ3v) is 6.79. The number of nitrogens with one attached hydrogen (secondary N) is 3. The fourth-order valence-corrected chi connectivity index (χ4v) is 4.58. The predicted octanol–water partition coefficient (Wildman–Crippen LogP) is 4.76. The Morgan fingerprint density at radius 2 is 1.81 bits per heavy atom. The van der Waals surface area contributed by atoms with E-state index in [1.54, 1.807) is 31.0 Å². The van der Waals surface area contributed by atoms with E-state index in [2.05, 4.69) is 35.5 Å². The zero-order chi connectivity index (χ0) is 24.8. The molecule has 6 heterocycles. The Morgan fingerprint density at radius 3 is 2.65 bits per heavy atom. The summed E-state index contributed by atoms with van der Waals surface area (Å²) in [5, 5.41) is 10.5. The van der Waals surface area contributed by atoms with Gasteiger partial charge in [0.25, 0.3) is 0 Å². The van der Waals surface area contributed by atoms with E-state index in [0.717, 1.165) is 47.0 Å². The van der Waals surface area contributed by atoms with Crippen LogP contribution in [0.15, 0.2) is 67.4 Å². The molecule has 1 amide bonds. The lowest BCUT2D eigenvalue weighted by atomic mass is 9.85. The number of aromatic amines is 2. The Kier molecular flexibility index (Phi) is 4.95. The topological polar surface area (TPSA) is 138 Å². The normalized spacial score (nSPS) is 13.6. The van der Waals surface area contributed by atoms with Crippen LogP contribution in [-0.4, -0.2) is 46.0 Å². The monoisotopic (exact) mass is 487 g/mol. The van der Waals surface area contributed by atoms with Crippen molar-refractivity contribution in [3.8, 4) is 33.9 Å². The summed E-state index contributed by atoms with van der Waals surface area (Å²) < 4.78 is 0. The second-order valence-electron chi connectivity index (χ2n) is 9.12. The number of rotatable bonds is 5. The summed E-state index contributed by atoms with van der Waals surface area (Å²) in [6.07, 6.45) is 11.7. The van der Waals surface area contributed by atoms with Crippen molar-refractivity contribution in [2.45, 2.75) is 19.3 Å². The first kappa shape index (κ1) is 21.3. The maximum Gasteiger partial charge on any atom is 0.227 e. The molecule has 1 fully saturated rings. The van der Waals surface area contributed by atoms with Crippen LogP contribution in [0.4, 0.5) is 5.69 Å². The molecule has 10 heteroatoms. The summed E-state index contributed by atoms with van der Waals surface area (Å²) in [5.41, 5.74) is 7.59. The summed E-state index contributed by atoms with van der Waals surface area (Å²) >= 11 is 0. The van der Waals surface area contributed by atoms with Gasteiger partial charge in [-0.25, -0.2) is 15.0 Å². The van der Waals surface area contributed by atoms with Gasteiger partial charge in [0.2, 0.25) is 5.91 Å². The first-order valence-corrected chi connectivity index (χ1v) is 12.1. The van der Waals surface area contributed by atoms with Crippen molar-refractivity contribution in [2.75, 3.05) is 5.32 Å². The number of nitrogens with zero attached hydrogens (tertiary/aromatic N) is 6. The summed E-state index contributed by atoms with van der Waals surface area (Å²) in [6, 6.07) is 11.5. The minimum Gasteiger partial charge on any atom is -0.324 e. The minimum atomic E-state index is 0.0513. The number of carbonyl (C=O) groups excluding carboxylic acids is 1. The van der Waals surface area contributed by atoms with Crippen LogP contribution in [0.3, 0.4) is 0 Å². The molecular formula is C27H21N9O. The van der Waals surface area contributed by atoms with Crippen LogP contribution in [0.1, 0.15) is 19.3 Å². The average molecular weight is 488 g/mol. The average Bonchev–Trinajstić information content (AvgIpc) is 3.52. The van der Waals surface area contributed by atoms with Crippen LogP contribution in [0.5, 0.6) is 0 Å². The molecular weight excluding hydrogens is 466 g/mol. The second-order valence-corrected chi connectivity index (χ2v) is 9.12. The number of anilines is 1. The molecule has 0 aliphatic heterocycles. The molecule has 1 aliphatic carbocycles. The number of carbonyl (C=O) groups is 1. The molecule has 0 aromatic carbocycles. The molecule has 1 saturated carbocycles. The lowest BCUT2D eigenvalue weighted by Gasteiger charge is -2.24. The zero-order valence-electron chi connectivity index (χ0n) is 19.6. The summed E-state index contributed by atoms with van der Waals surface area (Å²) in [6.45, 7) is 0. The molecule has 0 radical (unpaired) electrons. The van der Waals surface area contributed by atoms with Gasteiger partial charge in [-0.15, -0.1) is 0 Å². The number of fused-ring (bicyclic) bond motifs is 2. The number of aromatic nitrogens is 8. The number of imidazole rings is 1. The van der Waals surface area contributed by atoms with Gasteiger partial charge in [-0.05, 0) is 54.8 Å². The van der Waals surface area contributed by atoms with Crippen LogP contribution < -0.4 is 5.32 Å². The zero-order valence-corrected chi connectivity index (χ0v) is 19.6. The molecule has 1 aliphatic rings. The maximum atomic E-state index is 12.4. The first-order chi connectivity index (χ1) is 18.2. The molecule has 0 saturated heterocycles. The van der Waals surface area contributed by atoms with E-state index in [9.17, 15) is 4.79 Å². The number of hydrogen-bond donors (Lipinski definition) is 3. The second kappa shape index (κ2) is 8.59. The minimum absolute atomic E-state index is 0.0513. The third kappa shape index (κ3) is 3.79. The van der Waals surface area contributed by atoms with Crippen LogP contribution in [0, 0.1) is 5.92 Å². The smallest absolute Gasteiger partial charge is 0.227 e. The van der Waals surface area contributed by atoms with Crippen LogP contribution in [0.2, 0.25) is 0 Å². The van der Waals surface area contributed by atoms with E-state index in [1.165, 1.54) is 0 Å². The van der Waals surface area contributed by atoms with Crippen molar-refractivity contribution < 1.29 is 4.79 Å². The van der Waals surface area contributed by atoms with E-state index in [0.29, 0.717) is 34.1 Å². The number of H-pyrrole nitrogens is 2. The first-order valence-electron chi connectivity index (χ1n) is 12.1. The van der Waals surface area contributed by atoms with Crippen LogP contribution >= 0.6 is 0 Å². The van der Waals surface area contributed by atoms with Gasteiger partial charge in [0.1, 0.15) is 11.0 Å². The van der Waals surface area contributed by atoms with E-state index in [1.807, 2.05) is 36.4 Å². The predicted molar refractivity (Wildman–Crippen MR) is 139 cm³/mol. The Hall–Kier alpha value is -4.99. The number of amides is 1. The standard InChI is InChI=1S/C27H21N9O/c37-27(16-2-1-3-16)31-18-12-17(13-29-14-18)20-4-5-21-23(32-20)24(36-35-21)26-33-22-19(8-11-30-25(22)34-26)15-6-9-28-10-7-15/h4-14,16H,1-3H2,(H,31,37)(H,35,36)(H,30,33,34). The quantitative estimate of drug-likeness (QED) is 0.319. The molecule has 10 nitrogen and oxygen atoms in total. The molecule has 7 rings (SSSR count). The Morgan fingerprint density at radius 1 is 0.919 bits per heavy atom. The van der Waals surface area contributed by atoms with Gasteiger partial charge in [-0.2, -0.15) is 5.10 Å². The van der Waals surface area contributed by atoms with Crippen LogP contribution in [-0.2, 0) is 4.79 Å². The molecule has 180 valence electrons. The fraction of sp³-hybridized carbons (Fsp3) is 0.148. The molecule has 37 heavy (non-hydrogen) atoms. The van der Waals surface area contributed by atoms with E-state index in [4.69, 9.17) is 9.97 Å². The highest BCUT2D eigenvalue weighted by molar-refractivity contribution is 5.95. The van der Waals surface area contributed by atoms with Crippen molar-refractivity contribution in [1.82, 2.24) is 40.1 Å². The van der Waals surface area contributed by atoms with Gasteiger partial charge in [0, 0.05) is 41.8 Å². The van der Waals surface area contributed by atoms with Gasteiger partial charge < -0.3 is 10.3 Å². The summed E-state index contributed by atoms with van der Waals surface area (Å²) in [7, 11) is 0. The van der Waals surface area contributed by atoms with E-state index < -0.39 is 0 Å². The molecule has 3 N–H and O–H groups in total. The van der Waals surface area contributed by atoms with Crippen molar-refractivity contribution in [2.24, 2.45) is 5.92 Å². The molecule has 0 atom stereocenters. The molecule has 0 bridgehead atoms. The van der Waals surface area contributed by atoms with E-state index >= 15 is 0 Å². The van der Waals surface area contributed by atoms with Crippen molar-refractivity contribution in [3.05, 3.63) is 67.4 Å². The highest BCUT2D eigenvalue weighted by Gasteiger charge is 2.25. The van der Waals surface area contributed by atoms with Gasteiger partial charge >= 0.3 is 0 Å². The number of pyridine rings is 4. The van der Waals surface area contributed by atoms with Crippen LogP contribution in [0.25, 0.3) is 56.1 Å². The lowest BCUT2D eigenvalue weighted by Crippen LogP contribution is -2.28. The van der Waals surface area contributed by atoms with Crippen molar-refractivity contribution in [3.63, 3.8) is 0 Å². The largest absolute Gasteiger partial charge is 0.324 e. The molecule has 0 spiro atoms. The Balaban J connectivity index is 1.26. The maximum absolute atomic E-state index is 12.4. The summed E-state index contributed by atoms with van der Waals surface area (Å²) in [4.78, 5) is 38.3. The highest BCUT2D eigenvalue weighted by atomic mass is 16.1. The van der Waals surface area contributed by atoms with Gasteiger partial charge in [-0.3, -0.25) is 19.9 Å². The lowest BCUT2D eigenvalue weighted by molar-refractivity contribution is -0.122. The van der Waals surface area contributed by atoms with Gasteiger partial charge in [0.05, 0.1) is 23.1 Å². The SMILES string of the molecule is O=C(Nc1cncc(-c2ccc3[nH]nc(-c4nc5c(-c6ccncc6)ccnc5[nH]4)c3n2)c1)C1CCC1. The molecule has 6 aromatic rings. The van der Waals surface area contributed by atoms with E-state index in [-0.39, 0.29) is 11.8 Å². The molecule has 6 aromatic heterocycles. The van der Waals surface area contributed by atoms with Gasteiger partial charge in [-0.1, -0.05) is 6.42 Å². The third-order valence-electron chi connectivity index (χ3n) is 6.79. The van der Waals surface area contributed by atoms with Gasteiger partial charge in [0.15, 0.2) is 17.2 Å². The highest BCUT2D eigenvalue weighted by Crippen LogP contribution is 2.31. The Labute approximate surface area is 210 Å².